The molecule has 1 N–H and O–H groups in total. The highest BCUT2D eigenvalue weighted by molar-refractivity contribution is 6.40. The van der Waals surface area contributed by atoms with Crippen LogP contribution in [0.5, 0.6) is 0 Å². The highest BCUT2D eigenvalue weighted by Gasteiger charge is 2.38. The molecule has 0 aliphatic rings. The third kappa shape index (κ3) is 3.61. The van der Waals surface area contributed by atoms with E-state index in [9.17, 15) is 18.0 Å². The molecule has 27 heavy (non-hydrogen) atoms. The van der Waals surface area contributed by atoms with Gasteiger partial charge in [0.25, 0.3) is 5.91 Å². The van der Waals surface area contributed by atoms with E-state index in [1.807, 2.05) is 0 Å². The second-order valence-corrected chi connectivity index (χ2v) is 6.94. The van der Waals surface area contributed by atoms with Gasteiger partial charge in [0.1, 0.15) is 5.52 Å². The number of para-hydroxylation sites is 1. The summed E-state index contributed by atoms with van der Waals surface area (Å²) in [5.74, 6) is -1.66. The van der Waals surface area contributed by atoms with Gasteiger partial charge in [-0.1, -0.05) is 35.3 Å². The number of hydrogen-bond donors (Lipinski definition) is 1. The van der Waals surface area contributed by atoms with Gasteiger partial charge in [-0.15, -0.1) is 0 Å². The van der Waals surface area contributed by atoms with Gasteiger partial charge in [0, 0.05) is 6.04 Å². The van der Waals surface area contributed by atoms with Gasteiger partial charge < -0.3 is 9.88 Å². The van der Waals surface area contributed by atoms with Gasteiger partial charge in [0.15, 0.2) is 0 Å². The number of halogens is 5. The summed E-state index contributed by atoms with van der Waals surface area (Å²) in [5, 5.41) is 2.83. The van der Waals surface area contributed by atoms with E-state index in [1.54, 1.807) is 26.0 Å². The summed E-state index contributed by atoms with van der Waals surface area (Å²) in [6.07, 6.45) is -4.63. The normalized spacial score (nSPS) is 12.0. The van der Waals surface area contributed by atoms with Crippen LogP contribution in [0.25, 0.3) is 11.0 Å². The van der Waals surface area contributed by atoms with Gasteiger partial charge in [-0.05, 0) is 38.1 Å². The van der Waals surface area contributed by atoms with Crippen LogP contribution in [0.1, 0.15) is 36.1 Å². The van der Waals surface area contributed by atoms with Crippen molar-refractivity contribution in [2.24, 2.45) is 0 Å². The van der Waals surface area contributed by atoms with Crippen LogP contribution in [0.2, 0.25) is 10.0 Å². The van der Waals surface area contributed by atoms with E-state index in [4.69, 9.17) is 23.2 Å². The smallest absolute Gasteiger partial charge is 0.320 e. The lowest BCUT2D eigenvalue weighted by Gasteiger charge is -2.14. The van der Waals surface area contributed by atoms with Gasteiger partial charge >= 0.3 is 6.18 Å². The first kappa shape index (κ1) is 19.5. The summed E-state index contributed by atoms with van der Waals surface area (Å²) in [5.41, 5.74) is 0.478. The lowest BCUT2D eigenvalue weighted by atomic mass is 10.2. The van der Waals surface area contributed by atoms with Crippen molar-refractivity contribution in [1.82, 2.24) is 9.55 Å². The Hall–Kier alpha value is -2.25. The van der Waals surface area contributed by atoms with E-state index in [2.05, 4.69) is 10.3 Å². The van der Waals surface area contributed by atoms with Crippen LogP contribution < -0.4 is 5.32 Å². The molecule has 142 valence electrons. The van der Waals surface area contributed by atoms with E-state index in [0.717, 1.165) is 4.57 Å². The minimum atomic E-state index is -4.63. The summed E-state index contributed by atoms with van der Waals surface area (Å²) < 4.78 is 41.3. The monoisotopic (exact) mass is 415 g/mol. The SMILES string of the molecule is CC(C)n1c(C(F)(F)F)nc2c(NC(=O)c3c(Cl)cccc3Cl)cccc21. The Morgan fingerprint density at radius 2 is 1.70 bits per heavy atom. The molecule has 3 aromatic rings. The van der Waals surface area contributed by atoms with Crippen molar-refractivity contribution >= 4 is 45.8 Å². The first-order valence-corrected chi connectivity index (χ1v) is 8.70. The lowest BCUT2D eigenvalue weighted by Crippen LogP contribution is -2.16. The van der Waals surface area contributed by atoms with Crippen molar-refractivity contribution in [2.75, 3.05) is 5.32 Å². The van der Waals surface area contributed by atoms with Crippen molar-refractivity contribution in [2.45, 2.75) is 26.1 Å². The minimum Gasteiger partial charge on any atom is -0.320 e. The third-order valence-electron chi connectivity index (χ3n) is 3.93. The molecule has 0 fully saturated rings. The molecule has 0 aliphatic carbocycles. The molecular weight excluding hydrogens is 402 g/mol. The predicted molar refractivity (Wildman–Crippen MR) is 99.5 cm³/mol. The van der Waals surface area contributed by atoms with E-state index in [-0.39, 0.29) is 32.3 Å². The van der Waals surface area contributed by atoms with Crippen molar-refractivity contribution in [3.8, 4) is 0 Å². The van der Waals surface area contributed by atoms with Crippen LogP contribution in [-0.2, 0) is 6.18 Å². The fraction of sp³-hybridized carbons (Fsp3) is 0.222. The molecular formula is C18H14Cl2F3N3O. The second-order valence-electron chi connectivity index (χ2n) is 6.12. The third-order valence-corrected chi connectivity index (χ3v) is 4.56. The van der Waals surface area contributed by atoms with Crippen molar-refractivity contribution in [3.63, 3.8) is 0 Å². The molecule has 0 aliphatic heterocycles. The number of benzene rings is 2. The predicted octanol–water partition coefficient (Wildman–Crippen LogP) is 6.20. The summed E-state index contributed by atoms with van der Waals surface area (Å²) in [6, 6.07) is 8.65. The highest BCUT2D eigenvalue weighted by Crippen LogP contribution is 2.36. The van der Waals surface area contributed by atoms with Crippen molar-refractivity contribution in [1.29, 1.82) is 0 Å². The summed E-state index contributed by atoms with van der Waals surface area (Å²) >= 11 is 12.1. The molecule has 0 spiro atoms. The molecule has 0 saturated carbocycles. The highest BCUT2D eigenvalue weighted by atomic mass is 35.5. The number of carbonyl (C=O) groups excluding carboxylic acids is 1. The number of carbonyl (C=O) groups is 1. The van der Waals surface area contributed by atoms with E-state index in [1.165, 1.54) is 24.3 Å². The first-order valence-electron chi connectivity index (χ1n) is 7.94. The molecule has 1 aromatic heterocycles. The van der Waals surface area contributed by atoms with Crippen LogP contribution >= 0.6 is 23.2 Å². The number of nitrogens with one attached hydrogen (secondary N) is 1. The number of imidazole rings is 1. The van der Waals surface area contributed by atoms with Gasteiger partial charge in [-0.3, -0.25) is 4.79 Å². The Morgan fingerprint density at radius 3 is 2.26 bits per heavy atom. The Morgan fingerprint density at radius 1 is 1.11 bits per heavy atom. The number of anilines is 1. The minimum absolute atomic E-state index is 0.0371. The standard InChI is InChI=1S/C18H14Cl2F3N3O/c1-9(2)26-13-8-4-7-12(15(13)25-17(26)18(21,22)23)24-16(27)14-10(19)5-3-6-11(14)20/h3-9H,1-2H3,(H,24,27). The van der Waals surface area contributed by atoms with E-state index < -0.39 is 23.9 Å². The molecule has 0 radical (unpaired) electrons. The summed E-state index contributed by atoms with van der Waals surface area (Å²) in [7, 11) is 0. The Labute approximate surface area is 162 Å². The average molecular weight is 416 g/mol. The van der Waals surface area contributed by atoms with Gasteiger partial charge in [-0.2, -0.15) is 13.2 Å². The second kappa shape index (κ2) is 7.05. The Kier molecular flexibility index (Phi) is 5.10. The van der Waals surface area contributed by atoms with Crippen molar-refractivity contribution < 1.29 is 18.0 Å². The maximum absolute atomic E-state index is 13.4. The fourth-order valence-electron chi connectivity index (χ4n) is 2.84. The van der Waals surface area contributed by atoms with Crippen LogP contribution in [0.4, 0.5) is 18.9 Å². The van der Waals surface area contributed by atoms with Crippen LogP contribution in [-0.4, -0.2) is 15.5 Å². The van der Waals surface area contributed by atoms with Gasteiger partial charge in [0.05, 0.1) is 26.8 Å². The average Bonchev–Trinajstić information content (AvgIpc) is 2.95. The number of aromatic nitrogens is 2. The number of rotatable bonds is 3. The molecule has 1 amide bonds. The largest absolute Gasteiger partial charge is 0.449 e. The number of fused-ring (bicyclic) bond motifs is 1. The van der Waals surface area contributed by atoms with Crippen LogP contribution in [0.15, 0.2) is 36.4 Å². The molecule has 0 bridgehead atoms. The zero-order valence-corrected chi connectivity index (χ0v) is 15.7. The van der Waals surface area contributed by atoms with E-state index >= 15 is 0 Å². The topological polar surface area (TPSA) is 46.9 Å². The quantitative estimate of drug-likeness (QED) is 0.553. The Bertz CT molecular complexity index is 1010. The van der Waals surface area contributed by atoms with E-state index in [0.29, 0.717) is 0 Å². The maximum Gasteiger partial charge on any atom is 0.449 e. The van der Waals surface area contributed by atoms with Crippen LogP contribution in [0.3, 0.4) is 0 Å². The van der Waals surface area contributed by atoms with Crippen LogP contribution in [0, 0.1) is 0 Å². The molecule has 3 rings (SSSR count). The number of amides is 1. The molecule has 0 unspecified atom stereocenters. The number of alkyl halides is 3. The Balaban J connectivity index is 2.12. The molecule has 4 nitrogen and oxygen atoms in total. The molecule has 9 heteroatoms. The molecule has 2 aromatic carbocycles. The maximum atomic E-state index is 13.4. The first-order chi connectivity index (χ1) is 12.6. The van der Waals surface area contributed by atoms with Gasteiger partial charge in [-0.25, -0.2) is 4.98 Å². The lowest BCUT2D eigenvalue weighted by molar-refractivity contribution is -0.147. The zero-order chi connectivity index (χ0) is 19.9. The fourth-order valence-corrected chi connectivity index (χ4v) is 3.41. The molecule has 0 saturated heterocycles. The summed E-state index contributed by atoms with van der Waals surface area (Å²) in [4.78, 5) is 16.3. The van der Waals surface area contributed by atoms with Gasteiger partial charge in [0.2, 0.25) is 5.82 Å². The zero-order valence-electron chi connectivity index (χ0n) is 14.2. The summed E-state index contributed by atoms with van der Waals surface area (Å²) in [6.45, 7) is 3.26. The molecule has 1 heterocycles. The number of hydrogen-bond acceptors (Lipinski definition) is 2. The number of nitrogens with zero attached hydrogens (tertiary/aromatic N) is 2. The molecule has 0 atom stereocenters. The van der Waals surface area contributed by atoms with Crippen molar-refractivity contribution in [3.05, 3.63) is 57.8 Å².